The number of hydrogen-bond donors (Lipinski definition) is 0. The SMILES string of the molecule is C=C[N+]1=C(OCC)CCC1.F[B-](F)(F)F. The minimum atomic E-state index is -6.00. The third-order valence-corrected chi connectivity index (χ3v) is 1.64. The van der Waals surface area contributed by atoms with Gasteiger partial charge in [-0.1, -0.05) is 0 Å². The van der Waals surface area contributed by atoms with Crippen LogP contribution in [0.15, 0.2) is 12.8 Å². The smallest absolute Gasteiger partial charge is 0.448 e. The van der Waals surface area contributed by atoms with E-state index in [-0.39, 0.29) is 0 Å². The zero-order valence-electron chi connectivity index (χ0n) is 8.56. The van der Waals surface area contributed by atoms with Crippen LogP contribution in [-0.2, 0) is 4.74 Å². The zero-order valence-corrected chi connectivity index (χ0v) is 8.56. The van der Waals surface area contributed by atoms with Crippen molar-refractivity contribution in [2.45, 2.75) is 19.8 Å². The molecular formula is C8H14BF4NO. The summed E-state index contributed by atoms with van der Waals surface area (Å²) in [6.07, 6.45) is 4.10. The Kier molecular flexibility index (Phi) is 6.04. The lowest BCUT2D eigenvalue weighted by Gasteiger charge is -1.96. The van der Waals surface area contributed by atoms with Gasteiger partial charge in [-0.3, -0.25) is 0 Å². The molecule has 0 amide bonds. The van der Waals surface area contributed by atoms with Crippen molar-refractivity contribution in [3.8, 4) is 0 Å². The first kappa shape index (κ1) is 14.0. The average Bonchev–Trinajstić information content (AvgIpc) is 2.49. The average molecular weight is 227 g/mol. The second-order valence-electron chi connectivity index (χ2n) is 2.80. The van der Waals surface area contributed by atoms with E-state index in [1.165, 1.54) is 6.42 Å². The van der Waals surface area contributed by atoms with Gasteiger partial charge < -0.3 is 22.0 Å². The fourth-order valence-electron chi connectivity index (χ4n) is 1.18. The Morgan fingerprint density at radius 2 is 2.00 bits per heavy atom. The molecule has 1 aliphatic heterocycles. The Labute approximate surface area is 86.3 Å². The summed E-state index contributed by atoms with van der Waals surface area (Å²) in [4.78, 5) is 0. The second kappa shape index (κ2) is 6.47. The van der Waals surface area contributed by atoms with Gasteiger partial charge in [0.25, 0.3) is 0 Å². The van der Waals surface area contributed by atoms with Crippen LogP contribution in [0.1, 0.15) is 19.8 Å². The molecule has 0 aromatic carbocycles. The monoisotopic (exact) mass is 227 g/mol. The lowest BCUT2D eigenvalue weighted by Crippen LogP contribution is -2.11. The van der Waals surface area contributed by atoms with Crippen molar-refractivity contribution >= 4 is 13.2 Å². The summed E-state index contributed by atoms with van der Waals surface area (Å²) < 4.78 is 46.5. The predicted octanol–water partition coefficient (Wildman–Crippen LogP) is 2.67. The lowest BCUT2D eigenvalue weighted by molar-refractivity contribution is -0.456. The van der Waals surface area contributed by atoms with Gasteiger partial charge in [0.1, 0.15) is 0 Å². The predicted molar refractivity (Wildman–Crippen MR) is 51.4 cm³/mol. The van der Waals surface area contributed by atoms with E-state index in [4.69, 9.17) is 4.74 Å². The van der Waals surface area contributed by atoms with E-state index in [1.807, 2.05) is 13.1 Å². The fraction of sp³-hybridized carbons (Fsp3) is 0.625. The molecule has 7 heteroatoms. The van der Waals surface area contributed by atoms with E-state index in [2.05, 4.69) is 11.2 Å². The number of hydrogen-bond acceptors (Lipinski definition) is 1. The molecule has 1 heterocycles. The molecule has 0 saturated heterocycles. The third-order valence-electron chi connectivity index (χ3n) is 1.64. The van der Waals surface area contributed by atoms with Gasteiger partial charge in [-0.05, 0) is 13.5 Å². The molecule has 0 radical (unpaired) electrons. The maximum Gasteiger partial charge on any atom is 0.673 e. The van der Waals surface area contributed by atoms with Crippen LogP contribution in [0.3, 0.4) is 0 Å². The molecule has 0 aromatic rings. The first-order chi connectivity index (χ1) is 6.88. The fourth-order valence-corrected chi connectivity index (χ4v) is 1.18. The van der Waals surface area contributed by atoms with E-state index < -0.39 is 7.25 Å². The van der Waals surface area contributed by atoms with Crippen molar-refractivity contribution in [2.75, 3.05) is 13.2 Å². The second-order valence-corrected chi connectivity index (χ2v) is 2.80. The summed E-state index contributed by atoms with van der Waals surface area (Å²) >= 11 is 0. The Bertz CT molecular complexity index is 233. The summed E-state index contributed by atoms with van der Waals surface area (Å²) in [5.41, 5.74) is 0. The first-order valence-corrected chi connectivity index (χ1v) is 4.63. The first-order valence-electron chi connectivity index (χ1n) is 4.63. The van der Waals surface area contributed by atoms with Crippen LogP contribution in [0.4, 0.5) is 17.3 Å². The summed E-state index contributed by atoms with van der Waals surface area (Å²) in [6.45, 7) is 7.54. The minimum absolute atomic E-state index is 0.764. The van der Waals surface area contributed by atoms with E-state index in [9.17, 15) is 17.3 Å². The maximum absolute atomic E-state index is 9.75. The van der Waals surface area contributed by atoms with Crippen molar-refractivity contribution in [3.05, 3.63) is 12.8 Å². The minimum Gasteiger partial charge on any atom is -0.448 e. The van der Waals surface area contributed by atoms with Crippen LogP contribution >= 0.6 is 0 Å². The molecule has 0 unspecified atom stereocenters. The van der Waals surface area contributed by atoms with Gasteiger partial charge in [-0.2, -0.15) is 4.58 Å². The molecule has 2 nitrogen and oxygen atoms in total. The van der Waals surface area contributed by atoms with E-state index in [1.54, 1.807) is 0 Å². The molecule has 1 rings (SSSR count). The van der Waals surface area contributed by atoms with Crippen molar-refractivity contribution in [1.82, 2.24) is 0 Å². The molecule has 0 atom stereocenters. The van der Waals surface area contributed by atoms with Crippen LogP contribution in [0, 0.1) is 0 Å². The molecule has 0 spiro atoms. The highest BCUT2D eigenvalue weighted by Gasteiger charge is 2.21. The largest absolute Gasteiger partial charge is 0.673 e. The molecule has 0 aliphatic carbocycles. The number of ether oxygens (including phenoxy) is 1. The Morgan fingerprint density at radius 1 is 1.47 bits per heavy atom. The van der Waals surface area contributed by atoms with Crippen molar-refractivity contribution in [3.63, 3.8) is 0 Å². The normalized spacial score (nSPS) is 15.8. The molecule has 0 fully saturated rings. The van der Waals surface area contributed by atoms with Crippen molar-refractivity contribution < 1.29 is 26.6 Å². The van der Waals surface area contributed by atoms with Gasteiger partial charge in [0.2, 0.25) is 0 Å². The van der Waals surface area contributed by atoms with E-state index in [0.29, 0.717) is 0 Å². The van der Waals surface area contributed by atoms with Crippen LogP contribution < -0.4 is 0 Å². The van der Waals surface area contributed by atoms with Crippen LogP contribution in [0.5, 0.6) is 0 Å². The van der Waals surface area contributed by atoms with Gasteiger partial charge in [-0.25, -0.2) is 0 Å². The highest BCUT2D eigenvalue weighted by Crippen LogP contribution is 2.06. The molecule has 0 bridgehead atoms. The summed E-state index contributed by atoms with van der Waals surface area (Å²) in [7, 11) is -6.00. The standard InChI is InChI=1S/C8H14NO.BF4/c1-3-9-7-5-6-8(9)10-4-2;2-1(3,4)5/h3H,1,4-7H2,2H3;/q+1;-1. The molecular weight excluding hydrogens is 213 g/mol. The number of nitrogens with zero attached hydrogens (tertiary/aromatic N) is 1. The summed E-state index contributed by atoms with van der Waals surface area (Å²) in [6, 6.07) is 0. The summed E-state index contributed by atoms with van der Waals surface area (Å²) in [5.74, 6) is 1.08. The maximum atomic E-state index is 9.75. The topological polar surface area (TPSA) is 12.2 Å². The Hall–Kier alpha value is -1.01. The molecule has 1 aliphatic rings. The van der Waals surface area contributed by atoms with Crippen LogP contribution in [0.2, 0.25) is 0 Å². The number of halogens is 4. The Morgan fingerprint density at radius 3 is 2.40 bits per heavy atom. The van der Waals surface area contributed by atoms with Gasteiger partial charge >= 0.3 is 13.2 Å². The van der Waals surface area contributed by atoms with Gasteiger partial charge in [0.05, 0.1) is 13.0 Å². The lowest BCUT2D eigenvalue weighted by atomic mass is 10.3. The number of rotatable bonds is 2. The highest BCUT2D eigenvalue weighted by atomic mass is 19.5. The van der Waals surface area contributed by atoms with E-state index >= 15 is 0 Å². The van der Waals surface area contributed by atoms with Crippen LogP contribution in [-0.4, -0.2) is 30.9 Å². The quantitative estimate of drug-likeness (QED) is 0.401. The molecule has 0 saturated carbocycles. The molecule has 0 aromatic heterocycles. The molecule has 15 heavy (non-hydrogen) atoms. The molecule has 0 N–H and O–H groups in total. The van der Waals surface area contributed by atoms with Gasteiger partial charge in [0.15, 0.2) is 12.7 Å². The van der Waals surface area contributed by atoms with Crippen molar-refractivity contribution in [1.29, 1.82) is 0 Å². The van der Waals surface area contributed by atoms with E-state index in [0.717, 1.165) is 25.5 Å². The summed E-state index contributed by atoms with van der Waals surface area (Å²) in [5, 5.41) is 0. The van der Waals surface area contributed by atoms with Crippen molar-refractivity contribution in [2.24, 2.45) is 0 Å². The van der Waals surface area contributed by atoms with Crippen LogP contribution in [0.25, 0.3) is 0 Å². The zero-order chi connectivity index (χ0) is 11.9. The third kappa shape index (κ3) is 8.02. The Balaban J connectivity index is 0.000000336. The highest BCUT2D eigenvalue weighted by molar-refractivity contribution is 6.50. The van der Waals surface area contributed by atoms with Gasteiger partial charge in [0, 0.05) is 6.42 Å². The van der Waals surface area contributed by atoms with Gasteiger partial charge in [-0.15, -0.1) is 0 Å². The molecule has 88 valence electrons.